The van der Waals surface area contributed by atoms with E-state index in [-0.39, 0.29) is 0 Å². The first-order chi connectivity index (χ1) is 5.83. The van der Waals surface area contributed by atoms with Crippen molar-refractivity contribution < 1.29 is 4.79 Å². The number of aryl methyl sites for hydroxylation is 1. The summed E-state index contributed by atoms with van der Waals surface area (Å²) in [5.41, 5.74) is 2.71. The van der Waals surface area contributed by atoms with E-state index in [1.807, 2.05) is 31.3 Å². The Balaban J connectivity index is 2.91. The zero-order chi connectivity index (χ0) is 8.55. The predicted octanol–water partition coefficient (Wildman–Crippen LogP) is 2.29. The molecule has 0 aliphatic rings. The molecule has 0 atom stereocenters. The minimum atomic E-state index is 0.762. The van der Waals surface area contributed by atoms with Crippen molar-refractivity contribution in [2.24, 2.45) is 0 Å². The van der Waals surface area contributed by atoms with E-state index in [1.165, 1.54) is 0 Å². The zero-order valence-electron chi connectivity index (χ0n) is 6.79. The molecular weight excluding hydrogens is 150 g/mol. The molecule has 2 nitrogen and oxygen atoms in total. The summed E-state index contributed by atoms with van der Waals surface area (Å²) in [4.78, 5) is 13.8. The lowest BCUT2D eigenvalue weighted by Gasteiger charge is -1.98. The van der Waals surface area contributed by atoms with Crippen molar-refractivity contribution in [2.75, 3.05) is 0 Å². The Morgan fingerprint density at radius 3 is 2.92 bits per heavy atom. The van der Waals surface area contributed by atoms with Gasteiger partial charge in [-0.1, -0.05) is 12.1 Å². The highest BCUT2D eigenvalue weighted by molar-refractivity contribution is 5.97. The van der Waals surface area contributed by atoms with Gasteiger partial charge in [-0.3, -0.25) is 4.79 Å². The fourth-order valence-corrected chi connectivity index (χ4v) is 1.41. The fraction of sp³-hybridized carbons (Fsp3) is 0.100. The molecular formula is C10H9NO. The second kappa shape index (κ2) is 2.48. The quantitative estimate of drug-likeness (QED) is 0.636. The summed E-state index contributed by atoms with van der Waals surface area (Å²) in [6, 6.07) is 5.93. The van der Waals surface area contributed by atoms with Crippen LogP contribution in [0.1, 0.15) is 15.9 Å². The minimum absolute atomic E-state index is 0.762. The summed E-state index contributed by atoms with van der Waals surface area (Å²) < 4.78 is 0. The molecule has 0 amide bonds. The molecule has 2 aromatic rings. The van der Waals surface area contributed by atoms with Crippen LogP contribution in [0.15, 0.2) is 24.4 Å². The van der Waals surface area contributed by atoms with Gasteiger partial charge in [0.05, 0.1) is 5.52 Å². The zero-order valence-corrected chi connectivity index (χ0v) is 6.79. The lowest BCUT2D eigenvalue weighted by molar-refractivity contribution is 0.112. The van der Waals surface area contributed by atoms with Gasteiger partial charge in [0.15, 0.2) is 6.29 Å². The van der Waals surface area contributed by atoms with E-state index in [1.54, 1.807) is 0 Å². The second-order valence-corrected chi connectivity index (χ2v) is 2.86. The molecule has 1 aromatic carbocycles. The first-order valence-electron chi connectivity index (χ1n) is 3.85. The second-order valence-electron chi connectivity index (χ2n) is 2.86. The molecule has 60 valence electrons. The molecule has 12 heavy (non-hydrogen) atoms. The van der Waals surface area contributed by atoms with E-state index >= 15 is 0 Å². The highest BCUT2D eigenvalue weighted by Crippen LogP contribution is 2.18. The number of benzene rings is 1. The third-order valence-electron chi connectivity index (χ3n) is 2.10. The van der Waals surface area contributed by atoms with Gasteiger partial charge in [-0.25, -0.2) is 0 Å². The van der Waals surface area contributed by atoms with Crippen LogP contribution in [0.25, 0.3) is 10.9 Å². The SMILES string of the molecule is Cc1ccc2cc[nH]c2c1C=O. The molecule has 0 aliphatic carbocycles. The Bertz CT molecular complexity index is 428. The average molecular weight is 159 g/mol. The number of aromatic nitrogens is 1. The Kier molecular flexibility index (Phi) is 1.47. The molecule has 1 N–H and O–H groups in total. The van der Waals surface area contributed by atoms with Crippen molar-refractivity contribution in [2.45, 2.75) is 6.92 Å². The van der Waals surface area contributed by atoms with Crippen LogP contribution in [0, 0.1) is 6.92 Å². The number of carbonyl (C=O) groups is 1. The van der Waals surface area contributed by atoms with Gasteiger partial charge < -0.3 is 4.98 Å². The maximum Gasteiger partial charge on any atom is 0.152 e. The summed E-state index contributed by atoms with van der Waals surface area (Å²) in [6.45, 7) is 1.93. The lowest BCUT2D eigenvalue weighted by Crippen LogP contribution is -1.87. The molecule has 0 fully saturated rings. The highest BCUT2D eigenvalue weighted by Gasteiger charge is 2.02. The van der Waals surface area contributed by atoms with Gasteiger partial charge in [-0.2, -0.15) is 0 Å². The van der Waals surface area contributed by atoms with E-state index in [0.29, 0.717) is 0 Å². The van der Waals surface area contributed by atoms with Gasteiger partial charge in [0, 0.05) is 17.1 Å². The van der Waals surface area contributed by atoms with E-state index in [0.717, 1.165) is 28.3 Å². The Morgan fingerprint density at radius 1 is 1.33 bits per heavy atom. The molecule has 0 aliphatic heterocycles. The highest BCUT2D eigenvalue weighted by atomic mass is 16.1. The van der Waals surface area contributed by atoms with Gasteiger partial charge in [-0.05, 0) is 18.6 Å². The smallest absolute Gasteiger partial charge is 0.152 e. The van der Waals surface area contributed by atoms with E-state index in [9.17, 15) is 4.79 Å². The van der Waals surface area contributed by atoms with Gasteiger partial charge in [0.2, 0.25) is 0 Å². The third-order valence-corrected chi connectivity index (χ3v) is 2.10. The number of nitrogens with one attached hydrogen (secondary N) is 1. The number of hydrogen-bond donors (Lipinski definition) is 1. The Hall–Kier alpha value is -1.57. The topological polar surface area (TPSA) is 32.9 Å². The first-order valence-corrected chi connectivity index (χ1v) is 3.85. The maximum absolute atomic E-state index is 10.7. The first kappa shape index (κ1) is 7.10. The van der Waals surface area contributed by atoms with Crippen LogP contribution in [-0.2, 0) is 0 Å². The van der Waals surface area contributed by atoms with Crippen LogP contribution in [0.5, 0.6) is 0 Å². The van der Waals surface area contributed by atoms with Crippen molar-refractivity contribution in [1.82, 2.24) is 4.98 Å². The number of carbonyl (C=O) groups excluding carboxylic acids is 1. The van der Waals surface area contributed by atoms with Crippen molar-refractivity contribution in [1.29, 1.82) is 0 Å². The molecule has 2 heteroatoms. The fourth-order valence-electron chi connectivity index (χ4n) is 1.41. The number of H-pyrrole nitrogens is 1. The summed E-state index contributed by atoms with van der Waals surface area (Å²) in [5, 5.41) is 1.09. The molecule has 0 saturated heterocycles. The molecule has 1 aromatic heterocycles. The Labute approximate surface area is 70.2 Å². The number of aldehydes is 1. The van der Waals surface area contributed by atoms with Crippen LogP contribution >= 0.6 is 0 Å². The molecule has 2 rings (SSSR count). The number of fused-ring (bicyclic) bond motifs is 1. The molecule has 0 saturated carbocycles. The number of hydrogen-bond acceptors (Lipinski definition) is 1. The number of rotatable bonds is 1. The van der Waals surface area contributed by atoms with Crippen LogP contribution in [-0.4, -0.2) is 11.3 Å². The molecule has 0 radical (unpaired) electrons. The molecule has 0 bridgehead atoms. The van der Waals surface area contributed by atoms with Crippen molar-refractivity contribution >= 4 is 17.2 Å². The van der Waals surface area contributed by atoms with Crippen LogP contribution in [0.2, 0.25) is 0 Å². The summed E-state index contributed by atoms with van der Waals surface area (Å²) in [6.07, 6.45) is 2.74. The van der Waals surface area contributed by atoms with Crippen molar-refractivity contribution in [3.63, 3.8) is 0 Å². The maximum atomic E-state index is 10.7. The normalized spacial score (nSPS) is 10.4. The van der Waals surface area contributed by atoms with Crippen LogP contribution < -0.4 is 0 Å². The summed E-state index contributed by atoms with van der Waals surface area (Å²) in [5.74, 6) is 0. The van der Waals surface area contributed by atoms with Gasteiger partial charge in [-0.15, -0.1) is 0 Å². The summed E-state index contributed by atoms with van der Waals surface area (Å²) in [7, 11) is 0. The van der Waals surface area contributed by atoms with E-state index in [4.69, 9.17) is 0 Å². The van der Waals surface area contributed by atoms with Gasteiger partial charge >= 0.3 is 0 Å². The molecule has 1 heterocycles. The van der Waals surface area contributed by atoms with E-state index in [2.05, 4.69) is 4.98 Å². The third kappa shape index (κ3) is 0.848. The molecule has 0 spiro atoms. The summed E-state index contributed by atoms with van der Waals surface area (Å²) >= 11 is 0. The average Bonchev–Trinajstić information content (AvgIpc) is 2.52. The van der Waals surface area contributed by atoms with E-state index < -0.39 is 0 Å². The van der Waals surface area contributed by atoms with Crippen LogP contribution in [0.4, 0.5) is 0 Å². The minimum Gasteiger partial charge on any atom is -0.361 e. The largest absolute Gasteiger partial charge is 0.361 e. The van der Waals surface area contributed by atoms with Gasteiger partial charge in [0.25, 0.3) is 0 Å². The lowest BCUT2D eigenvalue weighted by atomic mass is 10.1. The van der Waals surface area contributed by atoms with Crippen molar-refractivity contribution in [3.05, 3.63) is 35.5 Å². The standard InChI is InChI=1S/C10H9NO/c1-7-2-3-8-4-5-11-10(8)9(7)6-12/h2-6,11H,1H3. The van der Waals surface area contributed by atoms with Gasteiger partial charge in [0.1, 0.15) is 0 Å². The predicted molar refractivity (Wildman–Crippen MR) is 48.4 cm³/mol. The molecule has 0 unspecified atom stereocenters. The Morgan fingerprint density at radius 2 is 2.17 bits per heavy atom. The monoisotopic (exact) mass is 159 g/mol. The van der Waals surface area contributed by atoms with Crippen molar-refractivity contribution in [3.8, 4) is 0 Å². The number of aromatic amines is 1. The van der Waals surface area contributed by atoms with Crippen LogP contribution in [0.3, 0.4) is 0 Å².